The van der Waals surface area contributed by atoms with E-state index in [1.54, 1.807) is 0 Å². The minimum atomic E-state index is -3.88. The Morgan fingerprint density at radius 3 is 2.52 bits per heavy atom. The molecule has 1 saturated heterocycles. The maximum atomic E-state index is 12.9. The van der Waals surface area contributed by atoms with E-state index in [-0.39, 0.29) is 29.4 Å². The summed E-state index contributed by atoms with van der Waals surface area (Å²) >= 11 is 0. The normalized spacial score (nSPS) is 19.0. The maximum absolute atomic E-state index is 12.9. The molecule has 136 valence electrons. The Labute approximate surface area is 145 Å². The SMILES string of the molecule is O=[N+]([O-])c1ccc(NN=C2CCCC2)c(S(=O)(=O)N2CCOCC2)c1. The van der Waals surface area contributed by atoms with Crippen molar-refractivity contribution in [2.45, 2.75) is 30.6 Å². The zero-order valence-electron chi connectivity index (χ0n) is 13.7. The Bertz CT molecular complexity index is 779. The van der Waals surface area contributed by atoms with Gasteiger partial charge in [0.05, 0.1) is 23.8 Å². The molecule has 1 heterocycles. The van der Waals surface area contributed by atoms with Gasteiger partial charge in [0.25, 0.3) is 5.69 Å². The van der Waals surface area contributed by atoms with Crippen molar-refractivity contribution < 1.29 is 18.1 Å². The van der Waals surface area contributed by atoms with Crippen molar-refractivity contribution in [3.63, 3.8) is 0 Å². The maximum Gasteiger partial charge on any atom is 0.270 e. The van der Waals surface area contributed by atoms with Gasteiger partial charge in [-0.25, -0.2) is 8.42 Å². The second-order valence-corrected chi connectivity index (χ2v) is 7.86. The van der Waals surface area contributed by atoms with Crippen molar-refractivity contribution in [2.75, 3.05) is 31.7 Å². The van der Waals surface area contributed by atoms with Crippen LogP contribution in [0.15, 0.2) is 28.2 Å². The predicted molar refractivity (Wildman–Crippen MR) is 92.2 cm³/mol. The molecule has 0 amide bonds. The lowest BCUT2D eigenvalue weighted by Gasteiger charge is -2.26. The molecule has 0 radical (unpaired) electrons. The van der Waals surface area contributed by atoms with Gasteiger partial charge in [-0.05, 0) is 31.7 Å². The molecule has 10 heteroatoms. The lowest BCUT2D eigenvalue weighted by atomic mass is 10.3. The van der Waals surface area contributed by atoms with Crippen LogP contribution in [0.2, 0.25) is 0 Å². The van der Waals surface area contributed by atoms with Crippen molar-refractivity contribution in [1.82, 2.24) is 4.31 Å². The van der Waals surface area contributed by atoms with Gasteiger partial charge in [-0.1, -0.05) is 0 Å². The summed E-state index contributed by atoms with van der Waals surface area (Å²) in [4.78, 5) is 10.3. The summed E-state index contributed by atoms with van der Waals surface area (Å²) in [6.07, 6.45) is 3.90. The Balaban J connectivity index is 1.97. The monoisotopic (exact) mass is 368 g/mol. The summed E-state index contributed by atoms with van der Waals surface area (Å²) < 4.78 is 32.3. The third kappa shape index (κ3) is 3.97. The fourth-order valence-corrected chi connectivity index (χ4v) is 4.46. The van der Waals surface area contributed by atoms with Crippen molar-refractivity contribution >= 4 is 27.1 Å². The highest BCUT2D eigenvalue weighted by molar-refractivity contribution is 7.89. The number of morpholine rings is 1. The van der Waals surface area contributed by atoms with E-state index in [9.17, 15) is 18.5 Å². The van der Waals surface area contributed by atoms with Crippen LogP contribution in [-0.4, -0.2) is 49.7 Å². The topological polar surface area (TPSA) is 114 Å². The molecular formula is C15H20N4O5S. The van der Waals surface area contributed by atoms with Crippen molar-refractivity contribution in [3.05, 3.63) is 28.3 Å². The molecule has 0 bridgehead atoms. The van der Waals surface area contributed by atoms with E-state index in [0.717, 1.165) is 37.5 Å². The molecule has 0 unspecified atom stereocenters. The average molecular weight is 368 g/mol. The van der Waals surface area contributed by atoms with Crippen LogP contribution in [0.5, 0.6) is 0 Å². The highest BCUT2D eigenvalue weighted by Gasteiger charge is 2.30. The summed E-state index contributed by atoms with van der Waals surface area (Å²) in [7, 11) is -3.88. The average Bonchev–Trinajstić information content (AvgIpc) is 3.14. The summed E-state index contributed by atoms with van der Waals surface area (Å²) in [6.45, 7) is 1.05. The number of hydrogen-bond donors (Lipinski definition) is 1. The third-order valence-electron chi connectivity index (χ3n) is 4.28. The zero-order valence-corrected chi connectivity index (χ0v) is 14.5. The zero-order chi connectivity index (χ0) is 17.9. The number of nitrogens with zero attached hydrogens (tertiary/aromatic N) is 3. The van der Waals surface area contributed by atoms with E-state index in [1.807, 2.05) is 0 Å². The van der Waals surface area contributed by atoms with E-state index in [1.165, 1.54) is 16.4 Å². The van der Waals surface area contributed by atoms with E-state index < -0.39 is 14.9 Å². The quantitative estimate of drug-likeness (QED) is 0.628. The molecule has 3 rings (SSSR count). The van der Waals surface area contributed by atoms with Gasteiger partial charge in [0.2, 0.25) is 10.0 Å². The number of hydrogen-bond acceptors (Lipinski definition) is 7. The Morgan fingerprint density at radius 1 is 1.20 bits per heavy atom. The van der Waals surface area contributed by atoms with Crippen LogP contribution >= 0.6 is 0 Å². The van der Waals surface area contributed by atoms with Crippen LogP contribution in [-0.2, 0) is 14.8 Å². The van der Waals surface area contributed by atoms with Gasteiger partial charge >= 0.3 is 0 Å². The van der Waals surface area contributed by atoms with E-state index in [4.69, 9.17) is 4.74 Å². The Hall–Kier alpha value is -2.04. The standard InChI is InChI=1S/C15H20N4O5S/c20-19(21)13-5-6-14(17-16-12-3-1-2-4-12)15(11-13)25(22,23)18-7-9-24-10-8-18/h5-6,11,17H,1-4,7-10H2. The molecule has 1 aromatic carbocycles. The van der Waals surface area contributed by atoms with Crippen LogP contribution in [0.4, 0.5) is 11.4 Å². The number of non-ortho nitro benzene ring substituents is 1. The molecule has 9 nitrogen and oxygen atoms in total. The first kappa shape index (κ1) is 17.8. The molecule has 2 fully saturated rings. The number of rotatable bonds is 5. The molecule has 1 N–H and O–H groups in total. The molecule has 1 saturated carbocycles. The van der Waals surface area contributed by atoms with Crippen molar-refractivity contribution in [1.29, 1.82) is 0 Å². The van der Waals surface area contributed by atoms with Crippen LogP contribution in [0.3, 0.4) is 0 Å². The van der Waals surface area contributed by atoms with Gasteiger partial charge in [0.15, 0.2) is 0 Å². The molecule has 1 aromatic rings. The minimum absolute atomic E-state index is 0.133. The number of nitro groups is 1. The highest BCUT2D eigenvalue weighted by atomic mass is 32.2. The first-order valence-corrected chi connectivity index (χ1v) is 9.60. The van der Waals surface area contributed by atoms with Gasteiger partial charge in [0, 0.05) is 30.9 Å². The largest absolute Gasteiger partial charge is 0.379 e. The summed E-state index contributed by atoms with van der Waals surface area (Å²) in [6, 6.07) is 3.75. The number of sulfonamides is 1. The molecule has 0 spiro atoms. The second-order valence-electron chi connectivity index (χ2n) is 5.95. The van der Waals surface area contributed by atoms with Crippen LogP contribution in [0, 0.1) is 10.1 Å². The number of anilines is 1. The molecule has 25 heavy (non-hydrogen) atoms. The second kappa shape index (κ2) is 7.46. The van der Waals surface area contributed by atoms with Crippen molar-refractivity contribution in [2.24, 2.45) is 5.10 Å². The lowest BCUT2D eigenvalue weighted by molar-refractivity contribution is -0.385. The number of benzene rings is 1. The van der Waals surface area contributed by atoms with Crippen molar-refractivity contribution in [3.8, 4) is 0 Å². The van der Waals surface area contributed by atoms with E-state index >= 15 is 0 Å². The minimum Gasteiger partial charge on any atom is -0.379 e. The Morgan fingerprint density at radius 2 is 1.88 bits per heavy atom. The van der Waals surface area contributed by atoms with Crippen LogP contribution < -0.4 is 5.43 Å². The molecular weight excluding hydrogens is 348 g/mol. The fraction of sp³-hybridized carbons (Fsp3) is 0.533. The van der Waals surface area contributed by atoms with E-state index in [0.29, 0.717) is 13.2 Å². The predicted octanol–water partition coefficient (Wildman–Crippen LogP) is 1.96. The van der Waals surface area contributed by atoms with Crippen LogP contribution in [0.25, 0.3) is 0 Å². The number of ether oxygens (including phenoxy) is 1. The Kier molecular flexibility index (Phi) is 5.30. The number of nitro benzene ring substituents is 1. The molecule has 2 aliphatic rings. The van der Waals surface area contributed by atoms with Gasteiger partial charge < -0.3 is 4.74 Å². The van der Waals surface area contributed by atoms with Gasteiger partial charge in [-0.3, -0.25) is 15.5 Å². The molecule has 1 aliphatic heterocycles. The first-order valence-electron chi connectivity index (χ1n) is 8.16. The lowest BCUT2D eigenvalue weighted by Crippen LogP contribution is -2.40. The fourth-order valence-electron chi connectivity index (χ4n) is 2.89. The first-order chi connectivity index (χ1) is 12.0. The highest BCUT2D eigenvalue weighted by Crippen LogP contribution is 2.30. The smallest absolute Gasteiger partial charge is 0.270 e. The van der Waals surface area contributed by atoms with Crippen LogP contribution in [0.1, 0.15) is 25.7 Å². The summed E-state index contributed by atoms with van der Waals surface area (Å²) in [5.41, 5.74) is 3.75. The van der Waals surface area contributed by atoms with Gasteiger partial charge in [-0.15, -0.1) is 0 Å². The summed E-state index contributed by atoms with van der Waals surface area (Å²) in [5, 5.41) is 15.3. The molecule has 0 atom stereocenters. The van der Waals surface area contributed by atoms with Gasteiger partial charge in [0.1, 0.15) is 4.90 Å². The summed E-state index contributed by atoms with van der Waals surface area (Å²) in [5.74, 6) is 0. The molecule has 0 aromatic heterocycles. The van der Waals surface area contributed by atoms with E-state index in [2.05, 4.69) is 10.5 Å². The third-order valence-corrected chi connectivity index (χ3v) is 6.22. The van der Waals surface area contributed by atoms with Gasteiger partial charge in [-0.2, -0.15) is 9.41 Å². The number of nitrogens with one attached hydrogen (secondary N) is 1. The number of hydrazone groups is 1. The molecule has 1 aliphatic carbocycles.